The maximum absolute atomic E-state index is 12.2. The Bertz CT molecular complexity index is 706. The van der Waals surface area contributed by atoms with Gasteiger partial charge in [-0.15, -0.1) is 0 Å². The van der Waals surface area contributed by atoms with Gasteiger partial charge in [-0.1, -0.05) is 12.1 Å². The highest BCUT2D eigenvalue weighted by Crippen LogP contribution is 2.22. The Hall–Kier alpha value is -2.63. The van der Waals surface area contributed by atoms with Crippen molar-refractivity contribution in [1.29, 1.82) is 0 Å². The lowest BCUT2D eigenvalue weighted by Crippen LogP contribution is -2.20. The molecule has 0 unspecified atom stereocenters. The van der Waals surface area contributed by atoms with Gasteiger partial charge in [0.25, 0.3) is 5.91 Å². The number of rotatable bonds is 4. The second kappa shape index (κ2) is 6.43. The van der Waals surface area contributed by atoms with Crippen LogP contribution >= 0.6 is 0 Å². The maximum atomic E-state index is 12.2. The molecule has 0 aliphatic heterocycles. The first-order valence-electron chi connectivity index (χ1n) is 7.32. The SMILES string of the molecule is COc1ccccc1/C=N\NC(=O)c1n[nH]c2c1CCCC2. The summed E-state index contributed by atoms with van der Waals surface area (Å²) in [6.45, 7) is 0. The second-order valence-electron chi connectivity index (χ2n) is 5.18. The summed E-state index contributed by atoms with van der Waals surface area (Å²) in [6.07, 6.45) is 5.65. The number of fused-ring (bicyclic) bond motifs is 1. The summed E-state index contributed by atoms with van der Waals surface area (Å²) in [4.78, 5) is 12.2. The lowest BCUT2D eigenvalue weighted by Gasteiger charge is -2.10. The van der Waals surface area contributed by atoms with E-state index in [-0.39, 0.29) is 5.91 Å². The molecule has 2 aromatic rings. The molecule has 22 heavy (non-hydrogen) atoms. The number of carbonyl (C=O) groups excluding carboxylic acids is 1. The molecule has 0 radical (unpaired) electrons. The number of benzene rings is 1. The smallest absolute Gasteiger partial charge is 0.292 e. The molecule has 1 aliphatic carbocycles. The molecule has 6 nitrogen and oxygen atoms in total. The van der Waals surface area contributed by atoms with Crippen LogP contribution in [0.15, 0.2) is 29.4 Å². The summed E-state index contributed by atoms with van der Waals surface area (Å²) in [5.74, 6) is 0.420. The van der Waals surface area contributed by atoms with Crippen molar-refractivity contribution in [2.45, 2.75) is 25.7 Å². The molecule has 6 heteroatoms. The number of methoxy groups -OCH3 is 1. The molecule has 3 rings (SSSR count). The summed E-state index contributed by atoms with van der Waals surface area (Å²) >= 11 is 0. The number of para-hydroxylation sites is 1. The van der Waals surface area contributed by atoms with Crippen molar-refractivity contribution in [3.63, 3.8) is 0 Å². The van der Waals surface area contributed by atoms with Crippen LogP contribution in [0.25, 0.3) is 0 Å². The van der Waals surface area contributed by atoms with Crippen LogP contribution in [0.3, 0.4) is 0 Å². The molecule has 1 heterocycles. The molecular formula is C16H18N4O2. The summed E-state index contributed by atoms with van der Waals surface area (Å²) < 4.78 is 5.23. The fraction of sp³-hybridized carbons (Fsp3) is 0.312. The Morgan fingerprint density at radius 2 is 2.18 bits per heavy atom. The van der Waals surface area contributed by atoms with E-state index in [0.29, 0.717) is 11.4 Å². The van der Waals surface area contributed by atoms with Crippen LogP contribution < -0.4 is 10.2 Å². The molecule has 1 amide bonds. The molecule has 114 valence electrons. The van der Waals surface area contributed by atoms with Gasteiger partial charge in [-0.05, 0) is 37.8 Å². The summed E-state index contributed by atoms with van der Waals surface area (Å²) in [5.41, 5.74) is 5.88. The average molecular weight is 298 g/mol. The van der Waals surface area contributed by atoms with Gasteiger partial charge in [-0.25, -0.2) is 5.43 Å². The molecule has 0 saturated heterocycles. The number of nitrogens with one attached hydrogen (secondary N) is 2. The minimum Gasteiger partial charge on any atom is -0.496 e. The molecule has 1 aromatic carbocycles. The zero-order valence-corrected chi connectivity index (χ0v) is 12.4. The van der Waals surface area contributed by atoms with E-state index in [4.69, 9.17) is 4.74 Å². The molecule has 0 saturated carbocycles. The number of aromatic amines is 1. The number of amides is 1. The monoisotopic (exact) mass is 298 g/mol. The van der Waals surface area contributed by atoms with Gasteiger partial charge >= 0.3 is 0 Å². The van der Waals surface area contributed by atoms with E-state index < -0.39 is 0 Å². The highest BCUT2D eigenvalue weighted by Gasteiger charge is 2.21. The zero-order chi connectivity index (χ0) is 15.4. The number of hydrazone groups is 1. The summed E-state index contributed by atoms with van der Waals surface area (Å²) in [5, 5.41) is 11.1. The Morgan fingerprint density at radius 1 is 1.36 bits per heavy atom. The number of aryl methyl sites for hydroxylation is 1. The molecule has 2 N–H and O–H groups in total. The van der Waals surface area contributed by atoms with E-state index in [0.717, 1.165) is 42.5 Å². The van der Waals surface area contributed by atoms with Crippen LogP contribution in [-0.4, -0.2) is 29.4 Å². The van der Waals surface area contributed by atoms with Crippen molar-refractivity contribution in [1.82, 2.24) is 15.6 Å². The van der Waals surface area contributed by atoms with Crippen molar-refractivity contribution in [2.75, 3.05) is 7.11 Å². The highest BCUT2D eigenvalue weighted by atomic mass is 16.5. The first-order valence-corrected chi connectivity index (χ1v) is 7.32. The second-order valence-corrected chi connectivity index (χ2v) is 5.18. The molecule has 0 fully saturated rings. The molecule has 1 aliphatic rings. The van der Waals surface area contributed by atoms with Crippen molar-refractivity contribution < 1.29 is 9.53 Å². The van der Waals surface area contributed by atoms with Gasteiger partial charge < -0.3 is 4.74 Å². The van der Waals surface area contributed by atoms with Crippen molar-refractivity contribution in [2.24, 2.45) is 5.10 Å². The first kappa shape index (κ1) is 14.3. The Labute approximate surface area is 128 Å². The predicted molar refractivity (Wildman–Crippen MR) is 83.3 cm³/mol. The topological polar surface area (TPSA) is 79.4 Å². The predicted octanol–water partition coefficient (Wildman–Crippen LogP) is 2.06. The van der Waals surface area contributed by atoms with Gasteiger partial charge in [0.15, 0.2) is 5.69 Å². The maximum Gasteiger partial charge on any atom is 0.292 e. The van der Waals surface area contributed by atoms with Crippen LogP contribution in [-0.2, 0) is 12.8 Å². The van der Waals surface area contributed by atoms with Gasteiger partial charge in [0.2, 0.25) is 0 Å². The highest BCUT2D eigenvalue weighted by molar-refractivity contribution is 5.95. The third-order valence-electron chi connectivity index (χ3n) is 3.78. The van der Waals surface area contributed by atoms with E-state index in [1.54, 1.807) is 13.3 Å². The van der Waals surface area contributed by atoms with Crippen LogP contribution in [0.1, 0.15) is 40.2 Å². The van der Waals surface area contributed by atoms with E-state index in [2.05, 4.69) is 20.7 Å². The molecule has 0 atom stereocenters. The number of ether oxygens (including phenoxy) is 1. The number of carbonyl (C=O) groups is 1. The van der Waals surface area contributed by atoms with E-state index >= 15 is 0 Å². The van der Waals surface area contributed by atoms with Gasteiger partial charge in [-0.3, -0.25) is 9.89 Å². The van der Waals surface area contributed by atoms with Gasteiger partial charge in [0, 0.05) is 16.8 Å². The Balaban J connectivity index is 1.70. The lowest BCUT2D eigenvalue weighted by molar-refractivity contribution is 0.0949. The fourth-order valence-electron chi connectivity index (χ4n) is 2.66. The van der Waals surface area contributed by atoms with E-state index in [1.165, 1.54) is 0 Å². The first-order chi connectivity index (χ1) is 10.8. The molecule has 1 aromatic heterocycles. The van der Waals surface area contributed by atoms with Crippen LogP contribution in [0, 0.1) is 0 Å². The number of nitrogens with zero attached hydrogens (tertiary/aromatic N) is 2. The van der Waals surface area contributed by atoms with E-state index in [9.17, 15) is 4.79 Å². The lowest BCUT2D eigenvalue weighted by atomic mass is 9.96. The van der Waals surface area contributed by atoms with Crippen molar-refractivity contribution in [3.8, 4) is 5.75 Å². The number of hydrogen-bond donors (Lipinski definition) is 2. The van der Waals surface area contributed by atoms with Gasteiger partial charge in [-0.2, -0.15) is 10.2 Å². The minimum absolute atomic E-state index is 0.287. The largest absolute Gasteiger partial charge is 0.496 e. The number of H-pyrrole nitrogens is 1. The molecule has 0 spiro atoms. The van der Waals surface area contributed by atoms with Gasteiger partial charge in [0.05, 0.1) is 13.3 Å². The summed E-state index contributed by atoms with van der Waals surface area (Å²) in [6, 6.07) is 7.47. The van der Waals surface area contributed by atoms with Crippen LogP contribution in [0.4, 0.5) is 0 Å². The minimum atomic E-state index is -0.287. The third-order valence-corrected chi connectivity index (χ3v) is 3.78. The van der Waals surface area contributed by atoms with Crippen molar-refractivity contribution in [3.05, 3.63) is 46.8 Å². The van der Waals surface area contributed by atoms with Crippen LogP contribution in [0.5, 0.6) is 5.75 Å². The molecular weight excluding hydrogens is 280 g/mol. The fourth-order valence-corrected chi connectivity index (χ4v) is 2.66. The van der Waals surface area contributed by atoms with Gasteiger partial charge in [0.1, 0.15) is 5.75 Å². The zero-order valence-electron chi connectivity index (χ0n) is 12.4. The third kappa shape index (κ3) is 2.86. The van der Waals surface area contributed by atoms with Crippen LogP contribution in [0.2, 0.25) is 0 Å². The average Bonchev–Trinajstić information content (AvgIpc) is 2.99. The Morgan fingerprint density at radius 3 is 3.05 bits per heavy atom. The van der Waals surface area contributed by atoms with Crippen molar-refractivity contribution >= 4 is 12.1 Å². The number of hydrogen-bond acceptors (Lipinski definition) is 4. The quantitative estimate of drug-likeness (QED) is 0.670. The van der Waals surface area contributed by atoms with E-state index in [1.807, 2.05) is 24.3 Å². The Kier molecular flexibility index (Phi) is 4.18. The normalized spacial score (nSPS) is 13.9. The number of aromatic nitrogens is 2. The standard InChI is InChI=1S/C16H18N4O2/c1-22-14-9-5-2-6-11(14)10-17-20-16(21)15-12-7-3-4-8-13(12)18-19-15/h2,5-6,9-10H,3-4,7-8H2,1H3,(H,18,19)(H,20,21)/b17-10-. The summed E-state index contributed by atoms with van der Waals surface area (Å²) in [7, 11) is 1.60. The molecule has 0 bridgehead atoms.